The van der Waals surface area contributed by atoms with Crippen LogP contribution >= 0.6 is 0 Å². The molecule has 2 atom stereocenters. The molecule has 0 amide bonds. The molecule has 1 aromatic carbocycles. The molecule has 2 aromatic rings. The van der Waals surface area contributed by atoms with E-state index < -0.39 is 6.61 Å². The van der Waals surface area contributed by atoms with Gasteiger partial charge in [-0.1, -0.05) is 13.8 Å². The normalized spacial score (nSPS) is 18.4. The summed E-state index contributed by atoms with van der Waals surface area (Å²) in [5.74, 6) is 0.418. The largest absolute Gasteiger partial charge is 0.490 e. The Morgan fingerprint density at radius 2 is 1.96 bits per heavy atom. The molecule has 1 aliphatic heterocycles. The molecule has 0 saturated carbocycles. The lowest BCUT2D eigenvalue weighted by atomic mass is 9.84. The van der Waals surface area contributed by atoms with Gasteiger partial charge in [-0.3, -0.25) is 4.79 Å². The number of ether oxygens (including phenoxy) is 2. The van der Waals surface area contributed by atoms with E-state index in [0.717, 1.165) is 16.8 Å². The maximum absolute atomic E-state index is 12.8. The summed E-state index contributed by atoms with van der Waals surface area (Å²) in [6.45, 7) is 5.11. The van der Waals surface area contributed by atoms with Crippen molar-refractivity contribution in [2.24, 2.45) is 0 Å². The molecular weight excluding hydrogens is 340 g/mol. The van der Waals surface area contributed by atoms with Crippen LogP contribution in [0.5, 0.6) is 11.5 Å². The fourth-order valence-electron chi connectivity index (χ4n) is 3.60. The molecular formula is C20H23F2NO3. The van der Waals surface area contributed by atoms with Crippen LogP contribution in [0.15, 0.2) is 24.4 Å². The van der Waals surface area contributed by atoms with Gasteiger partial charge in [0.1, 0.15) is 0 Å². The number of nitrogens with zero attached hydrogens (tertiary/aromatic N) is 1. The van der Waals surface area contributed by atoms with Crippen LogP contribution in [0.2, 0.25) is 0 Å². The third-order valence-corrected chi connectivity index (χ3v) is 5.08. The summed E-state index contributed by atoms with van der Waals surface area (Å²) in [5, 5.41) is 0. The lowest BCUT2D eigenvalue weighted by Gasteiger charge is -2.33. The Balaban J connectivity index is 2.24. The number of halogens is 2. The standard InChI is InChI=1S/C20H23F2NO3/c1-5-16(24)13-7-8-23-12(4)11(3)14-9-18(26-20(21)22)17(25-6-2)10-15(14)19(13)23/h7-12,20H,5-6H2,1-4H3. The molecule has 1 aromatic heterocycles. The summed E-state index contributed by atoms with van der Waals surface area (Å²) in [7, 11) is 0. The first-order valence-electron chi connectivity index (χ1n) is 8.88. The van der Waals surface area contributed by atoms with Gasteiger partial charge in [-0.2, -0.15) is 8.78 Å². The highest BCUT2D eigenvalue weighted by molar-refractivity contribution is 6.02. The number of fused-ring (bicyclic) bond motifs is 3. The monoisotopic (exact) mass is 363 g/mol. The lowest BCUT2D eigenvalue weighted by molar-refractivity contribution is -0.0515. The topological polar surface area (TPSA) is 40.5 Å². The number of carbonyl (C=O) groups is 1. The number of hydrogen-bond donors (Lipinski definition) is 0. The second-order valence-electron chi connectivity index (χ2n) is 6.49. The number of hydrogen-bond acceptors (Lipinski definition) is 3. The summed E-state index contributed by atoms with van der Waals surface area (Å²) in [5.41, 5.74) is 3.19. The summed E-state index contributed by atoms with van der Waals surface area (Å²) >= 11 is 0. The Morgan fingerprint density at radius 3 is 2.58 bits per heavy atom. The fourth-order valence-corrected chi connectivity index (χ4v) is 3.60. The molecule has 0 radical (unpaired) electrons. The molecule has 2 heterocycles. The number of Topliss-reactive ketones (excluding diaryl/α,β-unsaturated/α-hetero) is 1. The minimum atomic E-state index is -2.93. The SMILES string of the molecule is CCOc1cc2c(cc1OC(F)F)C(C)C(C)n1ccc(C(=O)CC)c1-2. The minimum Gasteiger partial charge on any atom is -0.490 e. The van der Waals surface area contributed by atoms with Crippen LogP contribution in [0.25, 0.3) is 11.3 Å². The molecule has 0 bridgehead atoms. The quantitative estimate of drug-likeness (QED) is 0.643. The van der Waals surface area contributed by atoms with Crippen LogP contribution in [0.3, 0.4) is 0 Å². The van der Waals surface area contributed by atoms with Gasteiger partial charge in [-0.15, -0.1) is 0 Å². The number of alkyl halides is 2. The van der Waals surface area contributed by atoms with Crippen molar-refractivity contribution < 1.29 is 23.0 Å². The van der Waals surface area contributed by atoms with Gasteiger partial charge in [-0.05, 0) is 37.6 Å². The number of carbonyl (C=O) groups excluding carboxylic acids is 1. The Labute approximate surface area is 151 Å². The zero-order valence-corrected chi connectivity index (χ0v) is 15.4. The first kappa shape index (κ1) is 18.4. The van der Waals surface area contributed by atoms with Crippen LogP contribution in [0.4, 0.5) is 8.78 Å². The van der Waals surface area contributed by atoms with Crippen LogP contribution in [-0.4, -0.2) is 23.6 Å². The average Bonchev–Trinajstić information content (AvgIpc) is 3.05. The van der Waals surface area contributed by atoms with Crippen molar-refractivity contribution in [3.63, 3.8) is 0 Å². The molecule has 4 nitrogen and oxygen atoms in total. The molecule has 0 aliphatic carbocycles. The second kappa shape index (κ2) is 7.09. The van der Waals surface area contributed by atoms with E-state index in [1.54, 1.807) is 19.1 Å². The van der Waals surface area contributed by atoms with E-state index in [-0.39, 0.29) is 29.2 Å². The van der Waals surface area contributed by atoms with Gasteiger partial charge in [0.15, 0.2) is 17.3 Å². The van der Waals surface area contributed by atoms with Crippen molar-refractivity contribution in [2.45, 2.75) is 52.7 Å². The van der Waals surface area contributed by atoms with E-state index in [9.17, 15) is 13.6 Å². The van der Waals surface area contributed by atoms with E-state index in [4.69, 9.17) is 4.74 Å². The molecule has 3 rings (SSSR count). The molecule has 26 heavy (non-hydrogen) atoms. The Hall–Kier alpha value is -2.37. The van der Waals surface area contributed by atoms with Crippen molar-refractivity contribution in [3.8, 4) is 22.8 Å². The van der Waals surface area contributed by atoms with Crippen LogP contribution in [0, 0.1) is 0 Å². The van der Waals surface area contributed by atoms with Crippen LogP contribution in [-0.2, 0) is 0 Å². The van der Waals surface area contributed by atoms with Gasteiger partial charge >= 0.3 is 6.61 Å². The Bertz CT molecular complexity index is 829. The number of rotatable bonds is 6. The van der Waals surface area contributed by atoms with Crippen molar-refractivity contribution in [1.29, 1.82) is 0 Å². The molecule has 0 saturated heterocycles. The summed E-state index contributed by atoms with van der Waals surface area (Å²) in [4.78, 5) is 12.4. The molecule has 0 N–H and O–H groups in total. The zero-order valence-electron chi connectivity index (χ0n) is 15.4. The van der Waals surface area contributed by atoms with Gasteiger partial charge in [0.25, 0.3) is 0 Å². The average molecular weight is 363 g/mol. The molecule has 140 valence electrons. The highest BCUT2D eigenvalue weighted by Gasteiger charge is 2.32. The lowest BCUT2D eigenvalue weighted by Crippen LogP contribution is -2.20. The molecule has 6 heteroatoms. The van der Waals surface area contributed by atoms with Crippen molar-refractivity contribution in [1.82, 2.24) is 4.57 Å². The third-order valence-electron chi connectivity index (χ3n) is 5.08. The summed E-state index contributed by atoms with van der Waals surface area (Å²) in [6, 6.07) is 5.28. The van der Waals surface area contributed by atoms with Crippen molar-refractivity contribution in [2.75, 3.05) is 6.61 Å². The molecule has 0 fully saturated rings. The van der Waals surface area contributed by atoms with Crippen LogP contribution < -0.4 is 9.47 Å². The maximum Gasteiger partial charge on any atom is 0.387 e. The van der Waals surface area contributed by atoms with Gasteiger partial charge in [-0.25, -0.2) is 0 Å². The van der Waals surface area contributed by atoms with Gasteiger partial charge in [0, 0.05) is 35.7 Å². The second-order valence-corrected chi connectivity index (χ2v) is 6.49. The van der Waals surface area contributed by atoms with Crippen molar-refractivity contribution >= 4 is 5.78 Å². The fraction of sp³-hybridized carbons (Fsp3) is 0.450. The Kier molecular flexibility index (Phi) is 5.03. The number of ketones is 1. The molecule has 2 unspecified atom stereocenters. The third kappa shape index (κ3) is 2.97. The van der Waals surface area contributed by atoms with E-state index in [1.807, 2.05) is 26.1 Å². The molecule has 1 aliphatic rings. The predicted molar refractivity (Wildman–Crippen MR) is 95.4 cm³/mol. The predicted octanol–water partition coefficient (Wildman–Crippen LogP) is 5.43. The van der Waals surface area contributed by atoms with E-state index in [0.29, 0.717) is 18.6 Å². The Morgan fingerprint density at radius 1 is 1.23 bits per heavy atom. The summed E-state index contributed by atoms with van der Waals surface area (Å²) < 4.78 is 37.9. The van der Waals surface area contributed by atoms with E-state index in [2.05, 4.69) is 16.2 Å². The first-order valence-corrected chi connectivity index (χ1v) is 8.88. The van der Waals surface area contributed by atoms with E-state index in [1.165, 1.54) is 0 Å². The first-order chi connectivity index (χ1) is 12.4. The molecule has 0 spiro atoms. The summed E-state index contributed by atoms with van der Waals surface area (Å²) in [6.07, 6.45) is 2.33. The van der Waals surface area contributed by atoms with Gasteiger partial charge < -0.3 is 14.0 Å². The highest BCUT2D eigenvalue weighted by Crippen LogP contribution is 2.48. The van der Waals surface area contributed by atoms with E-state index >= 15 is 0 Å². The highest BCUT2D eigenvalue weighted by atomic mass is 19.3. The number of benzene rings is 1. The van der Waals surface area contributed by atoms with Gasteiger partial charge in [0.05, 0.1) is 12.3 Å². The van der Waals surface area contributed by atoms with Gasteiger partial charge in [0.2, 0.25) is 0 Å². The number of aromatic nitrogens is 1. The van der Waals surface area contributed by atoms with Crippen molar-refractivity contribution in [3.05, 3.63) is 35.5 Å². The minimum absolute atomic E-state index is 0.0306. The zero-order chi connectivity index (χ0) is 19.0. The maximum atomic E-state index is 12.8. The van der Waals surface area contributed by atoms with Crippen LogP contribution in [0.1, 0.15) is 62.0 Å². The smallest absolute Gasteiger partial charge is 0.387 e.